The lowest BCUT2D eigenvalue weighted by Crippen LogP contribution is -1.84. The van der Waals surface area contributed by atoms with Crippen LogP contribution in [0.1, 0.15) is 16.8 Å². The number of fused-ring (bicyclic) bond motifs is 1. The normalized spacial score (nSPS) is 11.1. The summed E-state index contributed by atoms with van der Waals surface area (Å²) in [6, 6.07) is 3.37. The molecule has 0 saturated carbocycles. The summed E-state index contributed by atoms with van der Waals surface area (Å²) in [7, 11) is 0. The van der Waals surface area contributed by atoms with Gasteiger partial charge >= 0.3 is 0 Å². The molecule has 0 amide bonds. The van der Waals surface area contributed by atoms with Gasteiger partial charge in [-0.1, -0.05) is 0 Å². The van der Waals surface area contributed by atoms with Gasteiger partial charge in [-0.15, -0.1) is 0 Å². The second-order valence-corrected chi connectivity index (χ2v) is 3.56. The SMILES string of the molecule is Cc1cc(F)c2[nH]c(C)c(CO)c2c1. The van der Waals surface area contributed by atoms with Crippen molar-refractivity contribution >= 4 is 10.9 Å². The van der Waals surface area contributed by atoms with Crippen molar-refractivity contribution in [1.82, 2.24) is 4.98 Å². The van der Waals surface area contributed by atoms with Gasteiger partial charge in [-0.25, -0.2) is 4.39 Å². The maximum atomic E-state index is 13.5. The molecule has 2 N–H and O–H groups in total. The maximum absolute atomic E-state index is 13.5. The fraction of sp³-hybridized carbons (Fsp3) is 0.273. The fourth-order valence-electron chi connectivity index (χ4n) is 1.78. The molecule has 2 rings (SSSR count). The van der Waals surface area contributed by atoms with Crippen molar-refractivity contribution in [1.29, 1.82) is 0 Å². The summed E-state index contributed by atoms with van der Waals surface area (Å²) >= 11 is 0. The molecule has 74 valence electrons. The average Bonchev–Trinajstić information content (AvgIpc) is 2.41. The number of rotatable bonds is 1. The Kier molecular flexibility index (Phi) is 2.04. The van der Waals surface area contributed by atoms with E-state index in [2.05, 4.69) is 4.98 Å². The Morgan fingerprint density at radius 3 is 2.71 bits per heavy atom. The van der Waals surface area contributed by atoms with Gasteiger partial charge in [-0.2, -0.15) is 0 Å². The molecule has 1 aromatic heterocycles. The van der Waals surface area contributed by atoms with E-state index in [0.29, 0.717) is 5.52 Å². The number of halogens is 1. The molecule has 1 heterocycles. The molecule has 0 aliphatic rings. The first-order valence-corrected chi connectivity index (χ1v) is 4.51. The highest BCUT2D eigenvalue weighted by atomic mass is 19.1. The number of hydrogen-bond donors (Lipinski definition) is 2. The van der Waals surface area contributed by atoms with Gasteiger partial charge in [-0.05, 0) is 31.5 Å². The van der Waals surface area contributed by atoms with Crippen molar-refractivity contribution in [3.63, 3.8) is 0 Å². The molecule has 0 unspecified atom stereocenters. The van der Waals surface area contributed by atoms with Gasteiger partial charge < -0.3 is 10.1 Å². The van der Waals surface area contributed by atoms with Crippen molar-refractivity contribution < 1.29 is 9.50 Å². The molecule has 0 atom stereocenters. The summed E-state index contributed by atoms with van der Waals surface area (Å²) in [5.41, 5.74) is 2.95. The van der Waals surface area contributed by atoms with Gasteiger partial charge in [0.05, 0.1) is 12.1 Å². The molecule has 2 aromatic rings. The minimum Gasteiger partial charge on any atom is -0.392 e. The Balaban J connectivity index is 2.87. The van der Waals surface area contributed by atoms with Crippen molar-refractivity contribution in [3.8, 4) is 0 Å². The quantitative estimate of drug-likeness (QED) is 0.716. The molecule has 1 aromatic carbocycles. The molecule has 0 aliphatic carbocycles. The first kappa shape index (κ1) is 9.21. The number of H-pyrrole nitrogens is 1. The van der Waals surface area contributed by atoms with Gasteiger partial charge in [0.2, 0.25) is 0 Å². The third kappa shape index (κ3) is 1.21. The van der Waals surface area contributed by atoms with Crippen molar-refractivity contribution in [3.05, 3.63) is 34.8 Å². The van der Waals surface area contributed by atoms with Crippen LogP contribution in [0, 0.1) is 19.7 Å². The minimum atomic E-state index is -0.261. The van der Waals surface area contributed by atoms with E-state index in [4.69, 9.17) is 5.11 Å². The van der Waals surface area contributed by atoms with Crippen LogP contribution in [0.5, 0.6) is 0 Å². The summed E-state index contributed by atoms with van der Waals surface area (Å²) in [6.45, 7) is 3.61. The summed E-state index contributed by atoms with van der Waals surface area (Å²) < 4.78 is 13.5. The summed E-state index contributed by atoms with van der Waals surface area (Å²) in [6.07, 6.45) is 0. The lowest BCUT2D eigenvalue weighted by Gasteiger charge is -1.97. The molecule has 0 fully saturated rings. The van der Waals surface area contributed by atoms with Crippen molar-refractivity contribution in [2.45, 2.75) is 20.5 Å². The standard InChI is InChI=1S/C11H12FNO/c1-6-3-8-9(5-14)7(2)13-11(8)10(12)4-6/h3-4,13-14H,5H2,1-2H3. The summed E-state index contributed by atoms with van der Waals surface area (Å²) in [5, 5.41) is 9.92. The fourth-order valence-corrected chi connectivity index (χ4v) is 1.78. The van der Waals surface area contributed by atoms with E-state index in [9.17, 15) is 4.39 Å². The number of aliphatic hydroxyl groups excluding tert-OH is 1. The Morgan fingerprint density at radius 2 is 2.07 bits per heavy atom. The third-order valence-electron chi connectivity index (χ3n) is 2.48. The van der Waals surface area contributed by atoms with Crippen LogP contribution in [0.15, 0.2) is 12.1 Å². The van der Waals surface area contributed by atoms with E-state index in [0.717, 1.165) is 22.2 Å². The summed E-state index contributed by atoms with van der Waals surface area (Å²) in [5.74, 6) is -0.261. The second kappa shape index (κ2) is 3.10. The zero-order valence-corrected chi connectivity index (χ0v) is 8.19. The number of hydrogen-bond acceptors (Lipinski definition) is 1. The lowest BCUT2D eigenvalue weighted by molar-refractivity contribution is 0.282. The van der Waals surface area contributed by atoms with E-state index in [1.807, 2.05) is 19.9 Å². The number of aliphatic hydroxyl groups is 1. The topological polar surface area (TPSA) is 36.0 Å². The molecule has 2 nitrogen and oxygen atoms in total. The Labute approximate surface area is 81.4 Å². The zero-order chi connectivity index (χ0) is 10.3. The molecule has 14 heavy (non-hydrogen) atoms. The molecule has 0 spiro atoms. The molecular weight excluding hydrogens is 181 g/mol. The second-order valence-electron chi connectivity index (χ2n) is 3.56. The van der Waals surface area contributed by atoms with Crippen LogP contribution < -0.4 is 0 Å². The lowest BCUT2D eigenvalue weighted by atomic mass is 10.1. The Morgan fingerprint density at radius 1 is 1.36 bits per heavy atom. The first-order chi connectivity index (χ1) is 6.63. The van der Waals surface area contributed by atoms with E-state index in [1.54, 1.807) is 0 Å². The third-order valence-corrected chi connectivity index (χ3v) is 2.48. The minimum absolute atomic E-state index is 0.0608. The molecule has 0 bridgehead atoms. The predicted octanol–water partition coefficient (Wildman–Crippen LogP) is 2.42. The monoisotopic (exact) mass is 193 g/mol. The van der Waals surface area contributed by atoms with E-state index in [-0.39, 0.29) is 12.4 Å². The van der Waals surface area contributed by atoms with E-state index in [1.165, 1.54) is 6.07 Å². The molecule has 0 saturated heterocycles. The zero-order valence-electron chi connectivity index (χ0n) is 8.19. The van der Waals surface area contributed by atoms with Crippen LogP contribution >= 0.6 is 0 Å². The number of benzene rings is 1. The predicted molar refractivity (Wildman–Crippen MR) is 53.7 cm³/mol. The van der Waals surface area contributed by atoms with Crippen molar-refractivity contribution in [2.24, 2.45) is 0 Å². The molecule has 0 aliphatic heterocycles. The number of aryl methyl sites for hydroxylation is 2. The van der Waals surface area contributed by atoms with Gasteiger partial charge in [-0.3, -0.25) is 0 Å². The Hall–Kier alpha value is -1.35. The molecular formula is C11H12FNO. The van der Waals surface area contributed by atoms with Crippen LogP contribution in [-0.4, -0.2) is 10.1 Å². The number of nitrogens with one attached hydrogen (secondary N) is 1. The Bertz CT molecular complexity index is 487. The number of aromatic nitrogens is 1. The van der Waals surface area contributed by atoms with Gasteiger partial charge in [0.15, 0.2) is 0 Å². The highest BCUT2D eigenvalue weighted by molar-refractivity contribution is 5.85. The summed E-state index contributed by atoms with van der Waals surface area (Å²) in [4.78, 5) is 2.94. The number of aromatic amines is 1. The van der Waals surface area contributed by atoms with Crippen LogP contribution in [0.25, 0.3) is 10.9 Å². The van der Waals surface area contributed by atoms with E-state index < -0.39 is 0 Å². The maximum Gasteiger partial charge on any atom is 0.147 e. The smallest absolute Gasteiger partial charge is 0.147 e. The largest absolute Gasteiger partial charge is 0.392 e. The molecule has 3 heteroatoms. The average molecular weight is 193 g/mol. The van der Waals surface area contributed by atoms with E-state index >= 15 is 0 Å². The highest BCUT2D eigenvalue weighted by Crippen LogP contribution is 2.25. The highest BCUT2D eigenvalue weighted by Gasteiger charge is 2.11. The molecule has 0 radical (unpaired) electrons. The van der Waals surface area contributed by atoms with Gasteiger partial charge in [0, 0.05) is 16.6 Å². The first-order valence-electron chi connectivity index (χ1n) is 4.51. The van der Waals surface area contributed by atoms with Crippen LogP contribution in [0.3, 0.4) is 0 Å². The van der Waals surface area contributed by atoms with Crippen LogP contribution in [0.2, 0.25) is 0 Å². The van der Waals surface area contributed by atoms with Crippen molar-refractivity contribution in [2.75, 3.05) is 0 Å². The van der Waals surface area contributed by atoms with Gasteiger partial charge in [0.1, 0.15) is 5.82 Å². The van der Waals surface area contributed by atoms with Crippen LogP contribution in [0.4, 0.5) is 4.39 Å². The van der Waals surface area contributed by atoms with Crippen LogP contribution in [-0.2, 0) is 6.61 Å². The van der Waals surface area contributed by atoms with Gasteiger partial charge in [0.25, 0.3) is 0 Å².